The van der Waals surface area contributed by atoms with Crippen LogP contribution in [-0.2, 0) is 11.3 Å². The summed E-state index contributed by atoms with van der Waals surface area (Å²) >= 11 is 6.34. The molecule has 0 fully saturated rings. The maximum absolute atomic E-state index is 6.34. The second kappa shape index (κ2) is 14.3. The Morgan fingerprint density at radius 3 is 2.61 bits per heavy atom. The Hall–Kier alpha value is -1.70. The zero-order chi connectivity index (χ0) is 20.8. The van der Waals surface area contributed by atoms with E-state index in [9.17, 15) is 0 Å². The average molecular weight is 415 g/mol. The van der Waals surface area contributed by atoms with Gasteiger partial charge in [0, 0.05) is 39.9 Å². The van der Waals surface area contributed by atoms with E-state index in [1.54, 1.807) is 14.2 Å². The molecule has 0 bridgehead atoms. The summed E-state index contributed by atoms with van der Waals surface area (Å²) in [7, 11) is 5.44. The van der Waals surface area contributed by atoms with E-state index in [0.717, 1.165) is 50.7 Å². The first-order valence-corrected chi connectivity index (χ1v) is 10.1. The number of rotatable bonds is 13. The van der Waals surface area contributed by atoms with Gasteiger partial charge < -0.3 is 29.7 Å². The van der Waals surface area contributed by atoms with Gasteiger partial charge in [0.25, 0.3) is 0 Å². The highest BCUT2D eigenvalue weighted by atomic mass is 35.5. The van der Waals surface area contributed by atoms with Gasteiger partial charge in [0.05, 0.1) is 25.3 Å². The molecule has 0 saturated carbocycles. The molecule has 0 aliphatic heterocycles. The average Bonchev–Trinajstić information content (AvgIpc) is 2.68. The molecule has 0 spiro atoms. The molecule has 0 aliphatic rings. The quantitative estimate of drug-likeness (QED) is 0.294. The van der Waals surface area contributed by atoms with Crippen LogP contribution in [-0.4, -0.2) is 71.5 Å². The molecule has 0 aromatic heterocycles. The van der Waals surface area contributed by atoms with Gasteiger partial charge in [-0.3, -0.25) is 0 Å². The lowest BCUT2D eigenvalue weighted by atomic mass is 10.2. The number of hydrogen-bond acceptors (Lipinski definition) is 5. The SMILES string of the molecule is CCNC(=NCc1cc(Cl)c(OCC)c(OC)c1)NCCN(C)CCCOC. The number of ether oxygens (including phenoxy) is 3. The van der Waals surface area contributed by atoms with Gasteiger partial charge >= 0.3 is 0 Å². The molecule has 0 atom stereocenters. The fourth-order valence-corrected chi connectivity index (χ4v) is 2.90. The minimum absolute atomic E-state index is 0.488. The van der Waals surface area contributed by atoms with Crippen LogP contribution in [0.3, 0.4) is 0 Å². The number of methoxy groups -OCH3 is 2. The Morgan fingerprint density at radius 2 is 1.96 bits per heavy atom. The summed E-state index contributed by atoms with van der Waals surface area (Å²) in [5.41, 5.74) is 0.958. The van der Waals surface area contributed by atoms with E-state index in [1.165, 1.54) is 0 Å². The monoisotopic (exact) mass is 414 g/mol. The molecule has 160 valence electrons. The number of aliphatic imine (C=N–C) groups is 1. The Kier molecular flexibility index (Phi) is 12.4. The first-order chi connectivity index (χ1) is 13.5. The predicted molar refractivity (Wildman–Crippen MR) is 116 cm³/mol. The van der Waals surface area contributed by atoms with Crippen molar-refractivity contribution in [1.29, 1.82) is 0 Å². The molecule has 0 amide bonds. The van der Waals surface area contributed by atoms with Gasteiger partial charge in [-0.2, -0.15) is 0 Å². The molecule has 1 aromatic rings. The van der Waals surface area contributed by atoms with E-state index in [2.05, 4.69) is 27.6 Å². The van der Waals surface area contributed by atoms with Crippen molar-refractivity contribution in [3.05, 3.63) is 22.7 Å². The van der Waals surface area contributed by atoms with Crippen LogP contribution >= 0.6 is 11.6 Å². The van der Waals surface area contributed by atoms with Gasteiger partial charge in [-0.05, 0) is 45.0 Å². The van der Waals surface area contributed by atoms with Crippen molar-refractivity contribution in [2.75, 3.05) is 60.7 Å². The zero-order valence-electron chi connectivity index (χ0n) is 17.8. The van der Waals surface area contributed by atoms with Gasteiger partial charge in [-0.15, -0.1) is 0 Å². The van der Waals surface area contributed by atoms with Crippen LogP contribution in [0.4, 0.5) is 0 Å². The van der Waals surface area contributed by atoms with Crippen molar-refractivity contribution in [2.24, 2.45) is 4.99 Å². The molecule has 0 saturated heterocycles. The largest absolute Gasteiger partial charge is 0.493 e. The second-order valence-corrected chi connectivity index (χ2v) is 6.72. The van der Waals surface area contributed by atoms with Crippen LogP contribution in [0.1, 0.15) is 25.8 Å². The van der Waals surface area contributed by atoms with Crippen LogP contribution in [0.25, 0.3) is 0 Å². The molecule has 2 N–H and O–H groups in total. The summed E-state index contributed by atoms with van der Waals surface area (Å²) in [6, 6.07) is 3.78. The number of benzene rings is 1. The van der Waals surface area contributed by atoms with Gasteiger partial charge in [0.15, 0.2) is 17.5 Å². The Morgan fingerprint density at radius 1 is 1.18 bits per heavy atom. The maximum Gasteiger partial charge on any atom is 0.191 e. The van der Waals surface area contributed by atoms with Gasteiger partial charge in [0.2, 0.25) is 0 Å². The van der Waals surface area contributed by atoms with Crippen LogP contribution in [0.15, 0.2) is 17.1 Å². The topological polar surface area (TPSA) is 67.4 Å². The Labute approximate surface area is 174 Å². The van der Waals surface area contributed by atoms with E-state index >= 15 is 0 Å². The Balaban J connectivity index is 2.65. The van der Waals surface area contributed by atoms with E-state index in [-0.39, 0.29) is 0 Å². The van der Waals surface area contributed by atoms with Gasteiger partial charge in [0.1, 0.15) is 0 Å². The molecule has 28 heavy (non-hydrogen) atoms. The van der Waals surface area contributed by atoms with Crippen LogP contribution in [0.5, 0.6) is 11.5 Å². The van der Waals surface area contributed by atoms with Crippen molar-refractivity contribution in [2.45, 2.75) is 26.8 Å². The molecule has 1 aromatic carbocycles. The first kappa shape index (κ1) is 24.3. The van der Waals surface area contributed by atoms with Crippen LogP contribution in [0, 0.1) is 0 Å². The van der Waals surface area contributed by atoms with Crippen molar-refractivity contribution in [3.63, 3.8) is 0 Å². The summed E-state index contributed by atoms with van der Waals surface area (Å²) < 4.78 is 16.0. The summed E-state index contributed by atoms with van der Waals surface area (Å²) in [6.07, 6.45) is 1.03. The Bertz CT molecular complexity index is 599. The van der Waals surface area contributed by atoms with Crippen molar-refractivity contribution in [1.82, 2.24) is 15.5 Å². The molecule has 1 rings (SSSR count). The van der Waals surface area contributed by atoms with Crippen LogP contribution in [0.2, 0.25) is 5.02 Å². The fraction of sp³-hybridized carbons (Fsp3) is 0.650. The highest BCUT2D eigenvalue weighted by Crippen LogP contribution is 2.36. The highest BCUT2D eigenvalue weighted by molar-refractivity contribution is 6.32. The summed E-state index contributed by atoms with van der Waals surface area (Å²) in [5, 5.41) is 7.16. The smallest absolute Gasteiger partial charge is 0.191 e. The number of nitrogens with one attached hydrogen (secondary N) is 2. The van der Waals surface area contributed by atoms with E-state index in [4.69, 9.17) is 25.8 Å². The number of guanidine groups is 1. The normalized spacial score (nSPS) is 11.6. The molecule has 0 heterocycles. The standard InChI is InChI=1S/C20H35ClN4O3/c1-6-22-20(23-9-11-25(3)10-8-12-26-4)24-15-16-13-17(21)19(28-7-2)18(14-16)27-5/h13-14H,6-12,15H2,1-5H3,(H2,22,23,24). The predicted octanol–water partition coefficient (Wildman–Crippen LogP) is 2.77. The number of halogens is 1. The third-order valence-electron chi connectivity index (χ3n) is 4.02. The summed E-state index contributed by atoms with van der Waals surface area (Å²) in [5.74, 6) is 1.97. The van der Waals surface area contributed by atoms with E-state index < -0.39 is 0 Å². The minimum atomic E-state index is 0.488. The molecule has 0 aliphatic carbocycles. The minimum Gasteiger partial charge on any atom is -0.493 e. The molecule has 8 heteroatoms. The van der Waals surface area contributed by atoms with E-state index in [1.807, 2.05) is 26.0 Å². The van der Waals surface area contributed by atoms with Crippen molar-refractivity contribution < 1.29 is 14.2 Å². The number of likely N-dealkylation sites (N-methyl/N-ethyl adjacent to an activating group) is 1. The number of hydrogen-bond donors (Lipinski definition) is 2. The van der Waals surface area contributed by atoms with Crippen LogP contribution < -0.4 is 20.1 Å². The zero-order valence-corrected chi connectivity index (χ0v) is 18.6. The van der Waals surface area contributed by atoms with Crippen molar-refractivity contribution in [3.8, 4) is 11.5 Å². The highest BCUT2D eigenvalue weighted by Gasteiger charge is 2.11. The van der Waals surface area contributed by atoms with Gasteiger partial charge in [-0.25, -0.2) is 4.99 Å². The molecule has 0 unspecified atom stereocenters. The maximum atomic E-state index is 6.34. The second-order valence-electron chi connectivity index (χ2n) is 6.31. The summed E-state index contributed by atoms with van der Waals surface area (Å²) in [6.45, 7) is 9.30. The molecule has 0 radical (unpaired) electrons. The first-order valence-electron chi connectivity index (χ1n) is 9.74. The van der Waals surface area contributed by atoms with Crippen molar-refractivity contribution >= 4 is 17.6 Å². The molecular formula is C20H35ClN4O3. The lowest BCUT2D eigenvalue weighted by Crippen LogP contribution is -2.41. The molecular weight excluding hydrogens is 380 g/mol. The van der Waals surface area contributed by atoms with E-state index in [0.29, 0.717) is 29.7 Å². The summed E-state index contributed by atoms with van der Waals surface area (Å²) in [4.78, 5) is 6.92. The third-order valence-corrected chi connectivity index (χ3v) is 4.30. The lowest BCUT2D eigenvalue weighted by molar-refractivity contribution is 0.180. The molecule has 7 nitrogen and oxygen atoms in total. The lowest BCUT2D eigenvalue weighted by Gasteiger charge is -2.18. The number of nitrogens with zero attached hydrogens (tertiary/aromatic N) is 2. The van der Waals surface area contributed by atoms with Gasteiger partial charge in [-0.1, -0.05) is 11.6 Å². The third kappa shape index (κ3) is 8.99. The fourth-order valence-electron chi connectivity index (χ4n) is 2.62.